The van der Waals surface area contributed by atoms with Crippen LogP contribution in [0, 0.1) is 6.04 Å². The van der Waals surface area contributed by atoms with Crippen LogP contribution in [0.1, 0.15) is 13.3 Å². The predicted octanol–water partition coefficient (Wildman–Crippen LogP) is 2.71. The lowest BCUT2D eigenvalue weighted by molar-refractivity contribution is 0.0613. The van der Waals surface area contributed by atoms with Crippen molar-refractivity contribution < 1.29 is 8.85 Å². The van der Waals surface area contributed by atoms with Gasteiger partial charge in [0.1, 0.15) is 5.91 Å². The van der Waals surface area contributed by atoms with Gasteiger partial charge in [0.2, 0.25) is 0 Å². The van der Waals surface area contributed by atoms with Gasteiger partial charge in [-0.15, -0.1) is 0 Å². The van der Waals surface area contributed by atoms with Crippen LogP contribution in [0.25, 0.3) is 0 Å². The molecule has 0 saturated heterocycles. The summed E-state index contributed by atoms with van der Waals surface area (Å²) in [7, 11) is -3.25. The maximum atomic E-state index is 6.10. The van der Waals surface area contributed by atoms with E-state index >= 15 is 0 Å². The Morgan fingerprint density at radius 3 is 1.67 bits per heavy atom. The predicted molar refractivity (Wildman–Crippen MR) is 75.8 cm³/mol. The van der Waals surface area contributed by atoms with Crippen molar-refractivity contribution in [2.45, 2.75) is 58.5 Å². The Bertz CT molecular complexity index is 156. The highest BCUT2D eigenvalue weighted by Crippen LogP contribution is 2.14. The molecule has 15 heavy (non-hydrogen) atoms. The van der Waals surface area contributed by atoms with Crippen molar-refractivity contribution in [3.63, 3.8) is 0 Å². The largest absolute Gasteiger partial charge is 0.398 e. The molecule has 0 atom stereocenters. The molecule has 0 aliphatic heterocycles. The fourth-order valence-corrected chi connectivity index (χ4v) is 7.36. The molecule has 1 radical (unpaired) electrons. The van der Waals surface area contributed by atoms with Gasteiger partial charge in [0.05, 0.1) is 9.52 Å². The van der Waals surface area contributed by atoms with Crippen molar-refractivity contribution in [2.75, 3.05) is 0 Å². The second-order valence-electron chi connectivity index (χ2n) is 5.82. The Morgan fingerprint density at radius 1 is 1.00 bits per heavy atom. The Labute approximate surface area is 99.8 Å². The van der Waals surface area contributed by atoms with Gasteiger partial charge in [-0.1, -0.05) is 13.3 Å². The van der Waals surface area contributed by atoms with Gasteiger partial charge >= 0.3 is 0 Å². The highest BCUT2D eigenvalue weighted by molar-refractivity contribution is 6.71. The summed E-state index contributed by atoms with van der Waals surface area (Å²) in [5.74, 6) is 0.128. The normalized spacial score (nSPS) is 14.4. The zero-order valence-electron chi connectivity index (χ0n) is 11.4. The van der Waals surface area contributed by atoms with Crippen LogP contribution in [0.15, 0.2) is 0 Å². The van der Waals surface area contributed by atoms with Crippen LogP contribution in [-0.2, 0) is 8.85 Å². The second kappa shape index (κ2) is 6.34. The van der Waals surface area contributed by atoms with Crippen LogP contribution in [0.5, 0.6) is 0 Å². The van der Waals surface area contributed by atoms with E-state index in [1.807, 2.05) is 0 Å². The first-order valence-electron chi connectivity index (χ1n) is 5.81. The van der Waals surface area contributed by atoms with E-state index in [1.165, 1.54) is 0 Å². The number of hydrogen-bond acceptors (Lipinski definition) is 2. The molecule has 0 aromatic carbocycles. The van der Waals surface area contributed by atoms with Gasteiger partial charge in [-0.05, 0) is 45.3 Å². The molecule has 0 spiro atoms. The summed E-state index contributed by atoms with van der Waals surface area (Å²) in [6, 6.07) is 2.38. The van der Waals surface area contributed by atoms with Crippen molar-refractivity contribution >= 4 is 26.2 Å². The van der Waals surface area contributed by atoms with Crippen LogP contribution < -0.4 is 0 Å². The lowest BCUT2D eigenvalue weighted by atomic mass is 10.6. The van der Waals surface area contributed by atoms with E-state index in [0.717, 1.165) is 6.42 Å². The van der Waals surface area contributed by atoms with Crippen molar-refractivity contribution in [3.8, 4) is 0 Å². The van der Waals surface area contributed by atoms with Crippen molar-refractivity contribution in [1.29, 1.82) is 0 Å². The van der Waals surface area contributed by atoms with Gasteiger partial charge in [0.15, 0.2) is 16.6 Å². The molecule has 91 valence electrons. The van der Waals surface area contributed by atoms with Crippen LogP contribution in [0.3, 0.4) is 0 Å². The molecular formula is C10H27O2Si3. The molecule has 0 fully saturated rings. The molecule has 2 nitrogen and oxygen atoms in total. The van der Waals surface area contributed by atoms with Crippen LogP contribution >= 0.6 is 0 Å². The summed E-state index contributed by atoms with van der Waals surface area (Å²) in [5, 5.41) is 0. The third-order valence-electron chi connectivity index (χ3n) is 1.62. The fraction of sp³-hybridized carbons (Fsp3) is 0.900. The summed E-state index contributed by atoms with van der Waals surface area (Å²) in [6.07, 6.45) is 1.15. The molecule has 0 saturated carbocycles. The Balaban J connectivity index is 4.19. The molecule has 0 bridgehead atoms. The van der Waals surface area contributed by atoms with Crippen molar-refractivity contribution in [1.82, 2.24) is 0 Å². The molecule has 0 unspecified atom stereocenters. The van der Waals surface area contributed by atoms with Gasteiger partial charge < -0.3 is 8.85 Å². The average Bonchev–Trinajstić information content (AvgIpc) is 1.94. The molecule has 0 amide bonds. The van der Waals surface area contributed by atoms with E-state index in [1.54, 1.807) is 0 Å². The van der Waals surface area contributed by atoms with Gasteiger partial charge in [-0.2, -0.15) is 0 Å². The highest BCUT2D eigenvalue weighted by Gasteiger charge is 2.26. The molecule has 0 heterocycles. The first-order chi connectivity index (χ1) is 6.64. The Hall–Kier alpha value is 0.571. The van der Waals surface area contributed by atoms with E-state index in [4.69, 9.17) is 8.85 Å². The molecule has 0 aromatic rings. The van der Waals surface area contributed by atoms with E-state index in [9.17, 15) is 0 Å². The van der Waals surface area contributed by atoms with E-state index in [-0.39, 0.29) is 15.4 Å². The fourth-order valence-electron chi connectivity index (χ4n) is 1.21. The van der Waals surface area contributed by atoms with Gasteiger partial charge in [0, 0.05) is 0 Å². The maximum absolute atomic E-state index is 6.10. The zero-order valence-corrected chi connectivity index (χ0v) is 14.8. The highest BCUT2D eigenvalue weighted by atomic mass is 28.4. The van der Waals surface area contributed by atoms with Crippen molar-refractivity contribution in [2.24, 2.45) is 0 Å². The molecule has 0 aliphatic carbocycles. The number of rotatable bonds is 7. The van der Waals surface area contributed by atoms with Crippen LogP contribution in [0.4, 0.5) is 0 Å². The smallest absolute Gasteiger partial charge is 0.186 e. The molecule has 5 heteroatoms. The quantitative estimate of drug-likeness (QED) is 0.519. The molecule has 0 N–H and O–H groups in total. The van der Waals surface area contributed by atoms with E-state index in [0.29, 0.717) is 0 Å². The second-order valence-corrected chi connectivity index (χ2v) is 16.5. The van der Waals surface area contributed by atoms with Gasteiger partial charge in [0.25, 0.3) is 0 Å². The minimum atomic E-state index is -1.46. The summed E-state index contributed by atoms with van der Waals surface area (Å²) >= 11 is 0. The minimum absolute atomic E-state index is 0.128. The summed E-state index contributed by atoms with van der Waals surface area (Å²) in [6.45, 7) is 15.6. The Morgan fingerprint density at radius 2 is 1.40 bits per heavy atom. The SMILES string of the molecule is CC[CH][SiH2]C(O[Si](C)(C)C)O[Si](C)(C)C. The lowest BCUT2D eigenvalue weighted by Gasteiger charge is -2.31. The molecule has 0 aromatic heterocycles. The molecule has 0 aliphatic rings. The monoisotopic (exact) mass is 263 g/mol. The summed E-state index contributed by atoms with van der Waals surface area (Å²) < 4.78 is 12.2. The zero-order chi connectivity index (χ0) is 12.1. The van der Waals surface area contributed by atoms with Crippen LogP contribution in [0.2, 0.25) is 39.3 Å². The van der Waals surface area contributed by atoms with E-state index in [2.05, 4.69) is 52.2 Å². The molecule has 0 rings (SSSR count). The Kier molecular flexibility index (Phi) is 6.58. The third-order valence-corrected chi connectivity index (χ3v) is 5.85. The van der Waals surface area contributed by atoms with Crippen molar-refractivity contribution in [3.05, 3.63) is 6.04 Å². The third kappa shape index (κ3) is 10.8. The van der Waals surface area contributed by atoms with Gasteiger partial charge in [-0.3, -0.25) is 0 Å². The first-order valence-corrected chi connectivity index (χ1v) is 14.3. The minimum Gasteiger partial charge on any atom is -0.398 e. The molecular weight excluding hydrogens is 236 g/mol. The summed E-state index contributed by atoms with van der Waals surface area (Å²) in [4.78, 5) is 0. The number of hydrogen-bond donors (Lipinski definition) is 0. The lowest BCUT2D eigenvalue weighted by Crippen LogP contribution is -2.43. The van der Waals surface area contributed by atoms with Gasteiger partial charge in [-0.25, -0.2) is 0 Å². The first kappa shape index (κ1) is 15.6. The topological polar surface area (TPSA) is 18.5 Å². The average molecular weight is 264 g/mol. The van der Waals surface area contributed by atoms with Crippen LogP contribution in [-0.4, -0.2) is 32.1 Å². The summed E-state index contributed by atoms with van der Waals surface area (Å²) in [5.41, 5.74) is 0. The van der Waals surface area contributed by atoms with E-state index < -0.39 is 16.6 Å². The maximum Gasteiger partial charge on any atom is 0.186 e. The standard InChI is InChI=1S/C10H27O2Si3/c1-8-9-13-10(11-14(2,3)4)12-15(5,6)7/h9-10H,8,13H2,1-7H3.